The summed E-state index contributed by atoms with van der Waals surface area (Å²) >= 11 is 0. The number of rotatable bonds is 4. The van der Waals surface area contributed by atoms with E-state index in [1.54, 1.807) is 24.3 Å². The van der Waals surface area contributed by atoms with Crippen LogP contribution in [0.15, 0.2) is 59.4 Å². The standard InChI is InChI=1S/C22H23N3O3/c26-19-7-5-17(6-8-19)20-14-21(27)24-22(23-20)18-4-1-3-16(13-18)15-25-9-2-11-28-12-10-25/h1,3-8,13-14,26H,2,9-12,15H2,(H,23,24,27). The molecule has 3 aromatic rings. The van der Waals surface area contributed by atoms with Crippen LogP contribution >= 0.6 is 0 Å². The predicted molar refractivity (Wildman–Crippen MR) is 108 cm³/mol. The molecule has 1 aliphatic rings. The fraction of sp³-hybridized carbons (Fsp3) is 0.273. The number of ether oxygens (including phenoxy) is 1. The zero-order valence-electron chi connectivity index (χ0n) is 15.6. The maximum atomic E-state index is 12.2. The van der Waals surface area contributed by atoms with E-state index >= 15 is 0 Å². The minimum Gasteiger partial charge on any atom is -0.508 e. The van der Waals surface area contributed by atoms with E-state index in [-0.39, 0.29) is 11.3 Å². The van der Waals surface area contributed by atoms with Crippen LogP contribution in [0.4, 0.5) is 0 Å². The number of hydrogen-bond donors (Lipinski definition) is 2. The van der Waals surface area contributed by atoms with Gasteiger partial charge in [-0.25, -0.2) is 4.98 Å². The highest BCUT2D eigenvalue weighted by molar-refractivity contribution is 5.64. The third-order valence-electron chi connectivity index (χ3n) is 4.83. The van der Waals surface area contributed by atoms with Gasteiger partial charge in [-0.2, -0.15) is 0 Å². The minimum absolute atomic E-state index is 0.181. The van der Waals surface area contributed by atoms with E-state index in [1.807, 2.05) is 12.1 Å². The molecule has 1 aliphatic heterocycles. The molecule has 0 saturated carbocycles. The van der Waals surface area contributed by atoms with Crippen molar-refractivity contribution in [3.05, 3.63) is 70.5 Å². The summed E-state index contributed by atoms with van der Waals surface area (Å²) in [6.45, 7) is 4.39. The second kappa shape index (κ2) is 8.37. The molecule has 1 aromatic heterocycles. The quantitative estimate of drug-likeness (QED) is 0.731. The lowest BCUT2D eigenvalue weighted by Gasteiger charge is -2.19. The Morgan fingerprint density at radius 3 is 2.75 bits per heavy atom. The molecular formula is C22H23N3O3. The molecule has 28 heavy (non-hydrogen) atoms. The first-order valence-corrected chi connectivity index (χ1v) is 9.47. The topological polar surface area (TPSA) is 78.4 Å². The number of benzene rings is 2. The summed E-state index contributed by atoms with van der Waals surface area (Å²) in [7, 11) is 0. The van der Waals surface area contributed by atoms with Crippen molar-refractivity contribution >= 4 is 0 Å². The van der Waals surface area contributed by atoms with Crippen molar-refractivity contribution in [2.75, 3.05) is 26.3 Å². The van der Waals surface area contributed by atoms with E-state index < -0.39 is 0 Å². The summed E-state index contributed by atoms with van der Waals surface area (Å²) < 4.78 is 5.52. The van der Waals surface area contributed by atoms with Crippen molar-refractivity contribution < 1.29 is 9.84 Å². The van der Waals surface area contributed by atoms with E-state index in [4.69, 9.17) is 4.74 Å². The highest BCUT2D eigenvalue weighted by atomic mass is 16.5. The number of aromatic amines is 1. The highest BCUT2D eigenvalue weighted by Crippen LogP contribution is 2.22. The van der Waals surface area contributed by atoms with Crippen molar-refractivity contribution in [2.45, 2.75) is 13.0 Å². The second-order valence-corrected chi connectivity index (χ2v) is 6.97. The van der Waals surface area contributed by atoms with Crippen LogP contribution in [0.25, 0.3) is 22.6 Å². The van der Waals surface area contributed by atoms with Gasteiger partial charge in [0.15, 0.2) is 0 Å². The zero-order valence-corrected chi connectivity index (χ0v) is 15.6. The summed E-state index contributed by atoms with van der Waals surface area (Å²) in [5.41, 5.74) is 3.21. The molecule has 4 rings (SSSR count). The smallest absolute Gasteiger partial charge is 0.251 e. The van der Waals surface area contributed by atoms with Crippen molar-refractivity contribution in [2.24, 2.45) is 0 Å². The number of aromatic nitrogens is 2. The summed E-state index contributed by atoms with van der Waals surface area (Å²) in [5.74, 6) is 0.719. The van der Waals surface area contributed by atoms with Crippen molar-refractivity contribution in [3.8, 4) is 28.4 Å². The molecule has 2 aromatic carbocycles. The van der Waals surface area contributed by atoms with Gasteiger partial charge in [0.05, 0.1) is 12.3 Å². The summed E-state index contributed by atoms with van der Waals surface area (Å²) in [5, 5.41) is 9.47. The third kappa shape index (κ3) is 4.47. The molecule has 2 heterocycles. The van der Waals surface area contributed by atoms with Crippen LogP contribution in [0.1, 0.15) is 12.0 Å². The molecule has 6 nitrogen and oxygen atoms in total. The Morgan fingerprint density at radius 2 is 1.89 bits per heavy atom. The van der Waals surface area contributed by atoms with Crippen LogP contribution in [-0.2, 0) is 11.3 Å². The van der Waals surface area contributed by atoms with Gasteiger partial charge < -0.3 is 14.8 Å². The predicted octanol–water partition coefficient (Wildman–Crippen LogP) is 3.03. The Kier molecular flexibility index (Phi) is 5.50. The van der Waals surface area contributed by atoms with E-state index in [9.17, 15) is 9.90 Å². The maximum Gasteiger partial charge on any atom is 0.251 e. The van der Waals surface area contributed by atoms with Crippen molar-refractivity contribution in [1.29, 1.82) is 0 Å². The second-order valence-electron chi connectivity index (χ2n) is 6.97. The van der Waals surface area contributed by atoms with Gasteiger partial charge >= 0.3 is 0 Å². The van der Waals surface area contributed by atoms with E-state index in [0.717, 1.165) is 50.4 Å². The molecule has 1 fully saturated rings. The summed E-state index contributed by atoms with van der Waals surface area (Å²) in [6, 6.07) is 16.3. The Bertz CT molecular complexity index is 990. The number of H-pyrrole nitrogens is 1. The number of aromatic hydroxyl groups is 1. The number of nitrogens with one attached hydrogen (secondary N) is 1. The first kappa shape index (κ1) is 18.4. The summed E-state index contributed by atoms with van der Waals surface area (Å²) in [4.78, 5) is 22.1. The highest BCUT2D eigenvalue weighted by Gasteiger charge is 2.11. The van der Waals surface area contributed by atoms with E-state index in [2.05, 4.69) is 27.0 Å². The first-order chi connectivity index (χ1) is 13.7. The zero-order chi connectivity index (χ0) is 19.3. The molecule has 0 bridgehead atoms. The van der Waals surface area contributed by atoms with E-state index in [1.165, 1.54) is 11.6 Å². The molecule has 1 saturated heterocycles. The molecule has 6 heteroatoms. The molecular weight excluding hydrogens is 354 g/mol. The first-order valence-electron chi connectivity index (χ1n) is 9.47. The van der Waals surface area contributed by atoms with Crippen LogP contribution in [0.5, 0.6) is 5.75 Å². The third-order valence-corrected chi connectivity index (χ3v) is 4.83. The average molecular weight is 377 g/mol. The Labute approximate surface area is 163 Å². The van der Waals surface area contributed by atoms with Gasteiger partial charge in [0.1, 0.15) is 11.6 Å². The van der Waals surface area contributed by atoms with Gasteiger partial charge in [0.25, 0.3) is 5.56 Å². The van der Waals surface area contributed by atoms with Gasteiger partial charge in [0, 0.05) is 43.4 Å². The van der Waals surface area contributed by atoms with Crippen molar-refractivity contribution in [3.63, 3.8) is 0 Å². The lowest BCUT2D eigenvalue weighted by molar-refractivity contribution is 0.140. The van der Waals surface area contributed by atoms with Gasteiger partial charge in [0.2, 0.25) is 0 Å². The molecule has 0 atom stereocenters. The fourth-order valence-electron chi connectivity index (χ4n) is 3.41. The van der Waals surface area contributed by atoms with Crippen LogP contribution < -0.4 is 5.56 Å². The molecule has 0 radical (unpaired) electrons. The average Bonchev–Trinajstić information content (AvgIpc) is 2.97. The molecule has 0 unspecified atom stereocenters. The van der Waals surface area contributed by atoms with Crippen LogP contribution in [0.2, 0.25) is 0 Å². The monoisotopic (exact) mass is 377 g/mol. The number of nitrogens with zero attached hydrogens (tertiary/aromatic N) is 2. The Morgan fingerprint density at radius 1 is 1.04 bits per heavy atom. The summed E-state index contributed by atoms with van der Waals surface area (Å²) in [6.07, 6.45) is 1.04. The number of hydrogen-bond acceptors (Lipinski definition) is 5. The largest absolute Gasteiger partial charge is 0.508 e. The van der Waals surface area contributed by atoms with Crippen LogP contribution in [0, 0.1) is 0 Å². The lowest BCUT2D eigenvalue weighted by atomic mass is 10.1. The van der Waals surface area contributed by atoms with E-state index in [0.29, 0.717) is 11.5 Å². The lowest BCUT2D eigenvalue weighted by Crippen LogP contribution is -2.25. The fourth-order valence-corrected chi connectivity index (χ4v) is 3.41. The van der Waals surface area contributed by atoms with Crippen LogP contribution in [-0.4, -0.2) is 46.3 Å². The van der Waals surface area contributed by atoms with Gasteiger partial charge in [-0.3, -0.25) is 9.69 Å². The Balaban J connectivity index is 1.62. The van der Waals surface area contributed by atoms with Crippen LogP contribution in [0.3, 0.4) is 0 Å². The Hall–Kier alpha value is -2.96. The molecule has 2 N–H and O–H groups in total. The molecule has 0 spiro atoms. The minimum atomic E-state index is -0.205. The normalized spacial score (nSPS) is 15.3. The van der Waals surface area contributed by atoms with Gasteiger partial charge in [-0.15, -0.1) is 0 Å². The van der Waals surface area contributed by atoms with Gasteiger partial charge in [-0.1, -0.05) is 18.2 Å². The molecule has 144 valence electrons. The SMILES string of the molecule is O=c1cc(-c2ccc(O)cc2)nc(-c2cccc(CN3CCCOCC3)c2)[nH]1. The molecule has 0 aliphatic carbocycles. The number of phenols is 1. The molecule has 0 amide bonds. The maximum absolute atomic E-state index is 12.2. The van der Waals surface area contributed by atoms with Gasteiger partial charge in [-0.05, 0) is 42.3 Å². The van der Waals surface area contributed by atoms with Crippen molar-refractivity contribution in [1.82, 2.24) is 14.9 Å². The number of phenolic OH excluding ortho intramolecular Hbond substituents is 1.